The van der Waals surface area contributed by atoms with Crippen LogP contribution in [0, 0.1) is 0 Å². The second kappa shape index (κ2) is 19.0. The van der Waals surface area contributed by atoms with Crippen molar-refractivity contribution in [3.8, 4) is 83.8 Å². The molecule has 0 bridgehead atoms. The molecule has 74 heavy (non-hydrogen) atoms. The number of para-hydroxylation sites is 1. The first kappa shape index (κ1) is 44.5. The maximum Gasteiger partial charge on any atom is 0.139 e. The molecule has 0 N–H and O–H groups in total. The maximum absolute atomic E-state index is 5.36. The molecule has 10 aromatic carbocycles. The zero-order valence-electron chi connectivity index (χ0n) is 41.1. The summed E-state index contributed by atoms with van der Waals surface area (Å²) in [7, 11) is 0. The Hall–Kier alpha value is -9.44. The molecule has 3 heteroatoms. The van der Waals surface area contributed by atoms with Gasteiger partial charge in [0.2, 0.25) is 0 Å². The number of aromatic nitrogens is 3. The van der Waals surface area contributed by atoms with E-state index in [1.165, 1.54) is 83.0 Å². The maximum atomic E-state index is 5.36. The van der Waals surface area contributed by atoms with Crippen LogP contribution in [0.15, 0.2) is 279 Å². The van der Waals surface area contributed by atoms with E-state index in [4.69, 9.17) is 9.97 Å². The van der Waals surface area contributed by atoms with Crippen LogP contribution in [0.1, 0.15) is 24.7 Å². The second-order valence-corrected chi connectivity index (χ2v) is 19.6. The van der Waals surface area contributed by atoms with Gasteiger partial charge in [-0.05, 0) is 129 Å². The van der Waals surface area contributed by atoms with Crippen LogP contribution in [0.3, 0.4) is 0 Å². The molecule has 0 aliphatic heterocycles. The summed E-state index contributed by atoms with van der Waals surface area (Å²) in [5.41, 5.74) is 21.3. The van der Waals surface area contributed by atoms with E-state index in [-0.39, 0.29) is 0 Å². The Morgan fingerprint density at radius 3 is 1.35 bits per heavy atom. The minimum atomic E-state index is -0.422. The molecular weight excluding hydrogens is 895 g/mol. The zero-order chi connectivity index (χ0) is 49.4. The number of fused-ring (bicyclic) bond motifs is 3. The van der Waals surface area contributed by atoms with Gasteiger partial charge in [-0.3, -0.25) is 0 Å². The van der Waals surface area contributed by atoms with Crippen molar-refractivity contribution in [3.05, 3.63) is 290 Å². The summed E-state index contributed by atoms with van der Waals surface area (Å²) in [5.74, 6) is 0.807. The smallest absolute Gasteiger partial charge is 0.139 e. The van der Waals surface area contributed by atoms with E-state index in [0.717, 1.165) is 46.0 Å². The van der Waals surface area contributed by atoms with Gasteiger partial charge in [0, 0.05) is 33.0 Å². The van der Waals surface area contributed by atoms with Crippen molar-refractivity contribution in [1.82, 2.24) is 14.5 Å². The minimum Gasteiger partial charge on any atom is -0.309 e. The first-order chi connectivity index (χ1) is 36.5. The Labute approximate surface area is 432 Å². The predicted molar refractivity (Wildman–Crippen MR) is 310 cm³/mol. The first-order valence-electron chi connectivity index (χ1n) is 25.5. The molecule has 0 saturated carbocycles. The Balaban J connectivity index is 0.791. The molecule has 350 valence electrons. The molecule has 0 saturated heterocycles. The van der Waals surface area contributed by atoms with Crippen LogP contribution in [-0.2, 0) is 5.41 Å². The van der Waals surface area contributed by atoms with Crippen LogP contribution in [0.25, 0.3) is 111 Å². The largest absolute Gasteiger partial charge is 0.309 e. The summed E-state index contributed by atoms with van der Waals surface area (Å²) in [6.45, 7) is 2.26. The lowest BCUT2D eigenvalue weighted by atomic mass is 9.79. The van der Waals surface area contributed by atoms with Crippen molar-refractivity contribution in [1.29, 1.82) is 0 Å². The van der Waals surface area contributed by atoms with Crippen molar-refractivity contribution in [2.75, 3.05) is 0 Å². The molecule has 1 atom stereocenters. The van der Waals surface area contributed by atoms with Crippen molar-refractivity contribution in [3.63, 3.8) is 0 Å². The summed E-state index contributed by atoms with van der Waals surface area (Å²) in [5, 5.41) is 2.49. The van der Waals surface area contributed by atoms with Crippen LogP contribution in [0.4, 0.5) is 0 Å². The Morgan fingerprint density at radius 2 is 0.757 bits per heavy atom. The normalized spacial score (nSPS) is 14.3. The van der Waals surface area contributed by atoms with Crippen molar-refractivity contribution in [2.45, 2.75) is 18.8 Å². The Bertz CT molecular complexity index is 4090. The lowest BCUT2D eigenvalue weighted by molar-refractivity contribution is 0.559. The van der Waals surface area contributed by atoms with E-state index >= 15 is 0 Å². The summed E-state index contributed by atoms with van der Waals surface area (Å²) < 4.78 is 2.42. The van der Waals surface area contributed by atoms with Gasteiger partial charge in [0.15, 0.2) is 0 Å². The number of nitrogens with zero attached hydrogens (tertiary/aromatic N) is 3. The SMILES string of the molecule is CC1(c2nc(-c3ccccc3)cc(-c3ccc(-c4cccc(-c5cccc(-c6ccccc6)c5)c4)cc3)n2)C=CC(c2cccc(-c3ccc4c5ccccc5n(-c5cccc(-c6ccccc6)c5)c4c3)c2)=CC1. The standard InChI is InChI=1S/C71H51N3/c1-71(70-72-66(53-21-9-4-10-22-53)48-67(73-70)54-35-33-51(34-36-54)56-24-14-27-59(44-56)58-26-13-23-55(43-58)49-17-5-2-6-18-49)41-39-52(40-42-71)57-25-15-28-60(45-57)62-37-38-65-64-31-11-12-32-68(64)74(69(65)47-62)63-30-16-29-61(46-63)50-19-7-3-8-20-50/h2-41,43-48H,42H2,1H3. The molecule has 2 heterocycles. The molecule has 0 fully saturated rings. The highest BCUT2D eigenvalue weighted by atomic mass is 15.0. The Kier molecular flexibility index (Phi) is 11.4. The van der Waals surface area contributed by atoms with Gasteiger partial charge in [-0.2, -0.15) is 0 Å². The van der Waals surface area contributed by atoms with E-state index in [2.05, 4.69) is 291 Å². The number of benzene rings is 10. The molecule has 0 spiro atoms. The van der Waals surface area contributed by atoms with Gasteiger partial charge in [0.25, 0.3) is 0 Å². The van der Waals surface area contributed by atoms with Crippen molar-refractivity contribution in [2.24, 2.45) is 0 Å². The fraction of sp³-hybridized carbons (Fsp3) is 0.0423. The lowest BCUT2D eigenvalue weighted by Gasteiger charge is -2.27. The van der Waals surface area contributed by atoms with Crippen LogP contribution in [-0.4, -0.2) is 14.5 Å². The van der Waals surface area contributed by atoms with Gasteiger partial charge < -0.3 is 4.57 Å². The average molecular weight is 946 g/mol. The Morgan fingerprint density at radius 1 is 0.338 bits per heavy atom. The highest BCUT2D eigenvalue weighted by Crippen LogP contribution is 2.40. The number of allylic oxidation sites excluding steroid dienone is 4. The fourth-order valence-electron chi connectivity index (χ4n) is 10.7. The monoisotopic (exact) mass is 945 g/mol. The molecular formula is C71H51N3. The van der Waals surface area contributed by atoms with E-state index in [1.807, 2.05) is 0 Å². The van der Waals surface area contributed by atoms with E-state index < -0.39 is 5.41 Å². The summed E-state index contributed by atoms with van der Waals surface area (Å²) >= 11 is 0. The molecule has 13 rings (SSSR count). The molecule has 0 radical (unpaired) electrons. The van der Waals surface area contributed by atoms with Crippen LogP contribution in [0.2, 0.25) is 0 Å². The van der Waals surface area contributed by atoms with Crippen molar-refractivity contribution >= 4 is 27.4 Å². The topological polar surface area (TPSA) is 30.7 Å². The summed E-state index contributed by atoms with van der Waals surface area (Å²) in [4.78, 5) is 10.7. The second-order valence-electron chi connectivity index (χ2n) is 19.6. The molecule has 0 amide bonds. The van der Waals surface area contributed by atoms with Crippen molar-refractivity contribution < 1.29 is 0 Å². The third kappa shape index (κ3) is 8.55. The molecule has 1 unspecified atom stereocenters. The molecule has 12 aromatic rings. The number of hydrogen-bond donors (Lipinski definition) is 0. The predicted octanol–water partition coefficient (Wildman–Crippen LogP) is 18.5. The first-order valence-corrected chi connectivity index (χ1v) is 25.5. The van der Waals surface area contributed by atoms with Gasteiger partial charge >= 0.3 is 0 Å². The minimum absolute atomic E-state index is 0.422. The molecule has 3 nitrogen and oxygen atoms in total. The van der Waals surface area contributed by atoms with Gasteiger partial charge in [0.1, 0.15) is 5.82 Å². The van der Waals surface area contributed by atoms with Gasteiger partial charge in [0.05, 0.1) is 22.4 Å². The van der Waals surface area contributed by atoms with Crippen LogP contribution in [0.5, 0.6) is 0 Å². The fourth-order valence-corrected chi connectivity index (χ4v) is 10.7. The van der Waals surface area contributed by atoms with E-state index in [1.54, 1.807) is 0 Å². The van der Waals surface area contributed by atoms with Gasteiger partial charge in [-0.25, -0.2) is 9.97 Å². The average Bonchev–Trinajstić information content (AvgIpc) is 3.84. The number of rotatable bonds is 10. The van der Waals surface area contributed by atoms with Gasteiger partial charge in [-0.15, -0.1) is 0 Å². The number of hydrogen-bond acceptors (Lipinski definition) is 2. The quantitative estimate of drug-likeness (QED) is 0.137. The third-order valence-corrected chi connectivity index (χ3v) is 14.8. The molecule has 2 aromatic heterocycles. The highest BCUT2D eigenvalue weighted by molar-refractivity contribution is 6.10. The van der Waals surface area contributed by atoms with Crippen LogP contribution < -0.4 is 0 Å². The third-order valence-electron chi connectivity index (χ3n) is 14.8. The molecule has 1 aliphatic carbocycles. The highest BCUT2D eigenvalue weighted by Gasteiger charge is 2.30. The summed E-state index contributed by atoms with van der Waals surface area (Å²) in [6.07, 6.45) is 7.70. The lowest BCUT2D eigenvalue weighted by Crippen LogP contribution is -2.24. The van der Waals surface area contributed by atoms with Gasteiger partial charge in [-0.1, -0.05) is 231 Å². The zero-order valence-corrected chi connectivity index (χ0v) is 41.1. The van der Waals surface area contributed by atoms with Crippen LogP contribution >= 0.6 is 0 Å². The summed E-state index contributed by atoms with van der Waals surface area (Å²) in [6, 6.07) is 93.8. The van der Waals surface area contributed by atoms with E-state index in [9.17, 15) is 0 Å². The van der Waals surface area contributed by atoms with E-state index in [0.29, 0.717) is 0 Å². The molecule has 1 aliphatic rings.